The Labute approximate surface area is 129 Å². The number of carbonyl (C=O) groups is 1. The molecule has 1 amide bonds. The monoisotopic (exact) mass is 303 g/mol. The van der Waals surface area contributed by atoms with E-state index in [2.05, 4.69) is 29.1 Å². The number of hydrogen-bond acceptors (Lipinski definition) is 4. The lowest BCUT2D eigenvalue weighted by atomic mass is 10.1. The normalized spacial score (nSPS) is 11.0. The van der Waals surface area contributed by atoms with E-state index in [0.29, 0.717) is 12.3 Å². The SMILES string of the molecule is Cc1cc(C)c(NC(=O)Cc2csc(C(C)C)n2)c(C)n1. The van der Waals surface area contributed by atoms with Crippen molar-refractivity contribution in [2.24, 2.45) is 0 Å². The van der Waals surface area contributed by atoms with Crippen molar-refractivity contribution in [1.82, 2.24) is 9.97 Å². The van der Waals surface area contributed by atoms with E-state index >= 15 is 0 Å². The van der Waals surface area contributed by atoms with Crippen LogP contribution in [-0.4, -0.2) is 15.9 Å². The molecule has 0 aromatic carbocycles. The summed E-state index contributed by atoms with van der Waals surface area (Å²) in [6.07, 6.45) is 0.302. The summed E-state index contributed by atoms with van der Waals surface area (Å²) in [5.74, 6) is 0.352. The molecule has 112 valence electrons. The van der Waals surface area contributed by atoms with Crippen molar-refractivity contribution in [1.29, 1.82) is 0 Å². The van der Waals surface area contributed by atoms with Gasteiger partial charge in [-0.15, -0.1) is 11.3 Å². The van der Waals surface area contributed by atoms with E-state index in [1.807, 2.05) is 32.2 Å². The third kappa shape index (κ3) is 3.88. The number of amides is 1. The van der Waals surface area contributed by atoms with Crippen LogP contribution in [0.25, 0.3) is 0 Å². The molecule has 0 unspecified atom stereocenters. The molecule has 2 rings (SSSR count). The summed E-state index contributed by atoms with van der Waals surface area (Å²) in [6.45, 7) is 10.1. The lowest BCUT2D eigenvalue weighted by molar-refractivity contribution is -0.115. The van der Waals surface area contributed by atoms with Crippen LogP contribution in [0.1, 0.15) is 47.4 Å². The van der Waals surface area contributed by atoms with Gasteiger partial charge in [0.05, 0.1) is 28.5 Å². The zero-order valence-corrected chi connectivity index (χ0v) is 14.0. The average Bonchev–Trinajstić information content (AvgIpc) is 2.82. The minimum Gasteiger partial charge on any atom is -0.324 e. The maximum atomic E-state index is 12.2. The predicted octanol–water partition coefficient (Wildman–Crippen LogP) is 3.77. The number of nitrogens with one attached hydrogen (secondary N) is 1. The van der Waals surface area contributed by atoms with Crippen molar-refractivity contribution < 1.29 is 4.79 Å². The smallest absolute Gasteiger partial charge is 0.230 e. The minimum atomic E-state index is -0.0486. The van der Waals surface area contributed by atoms with Crippen molar-refractivity contribution in [3.05, 3.63) is 39.1 Å². The molecule has 1 N–H and O–H groups in total. The fourth-order valence-electron chi connectivity index (χ4n) is 2.23. The molecule has 0 aliphatic heterocycles. The summed E-state index contributed by atoms with van der Waals surface area (Å²) in [5.41, 5.74) is 4.49. The number of pyridine rings is 1. The van der Waals surface area contributed by atoms with Gasteiger partial charge in [0.2, 0.25) is 5.91 Å². The molecule has 21 heavy (non-hydrogen) atoms. The molecule has 4 nitrogen and oxygen atoms in total. The van der Waals surface area contributed by atoms with Crippen molar-refractivity contribution in [2.75, 3.05) is 5.32 Å². The van der Waals surface area contributed by atoms with Crippen molar-refractivity contribution in [2.45, 2.75) is 47.0 Å². The highest BCUT2D eigenvalue weighted by molar-refractivity contribution is 7.09. The van der Waals surface area contributed by atoms with Crippen LogP contribution in [0, 0.1) is 20.8 Å². The van der Waals surface area contributed by atoms with Gasteiger partial charge in [-0.05, 0) is 32.4 Å². The third-order valence-corrected chi connectivity index (χ3v) is 4.39. The number of aromatic nitrogens is 2. The standard InChI is InChI=1S/C16H21N3OS/c1-9(2)16-18-13(8-21-16)7-14(20)19-15-10(3)6-11(4)17-12(15)5/h6,8-9H,7H2,1-5H3,(H,19,20). The molecule has 2 aromatic heterocycles. The number of anilines is 1. The van der Waals surface area contributed by atoms with Crippen LogP contribution in [-0.2, 0) is 11.2 Å². The molecule has 0 aliphatic rings. The van der Waals surface area contributed by atoms with Crippen LogP contribution in [0.15, 0.2) is 11.4 Å². The van der Waals surface area contributed by atoms with Crippen molar-refractivity contribution in [3.63, 3.8) is 0 Å². The van der Waals surface area contributed by atoms with Gasteiger partial charge in [0, 0.05) is 17.0 Å². The summed E-state index contributed by atoms with van der Waals surface area (Å²) in [5, 5.41) is 5.99. The molecular weight excluding hydrogens is 282 g/mol. The molecule has 0 spiro atoms. The van der Waals surface area contributed by atoms with E-state index < -0.39 is 0 Å². The molecule has 0 aliphatic carbocycles. The van der Waals surface area contributed by atoms with Crippen LogP contribution in [0.4, 0.5) is 5.69 Å². The molecule has 0 radical (unpaired) electrons. The van der Waals surface area contributed by atoms with Crippen LogP contribution in [0.2, 0.25) is 0 Å². The molecule has 0 saturated carbocycles. The molecule has 0 atom stereocenters. The Balaban J connectivity index is 2.08. The first-order chi connectivity index (χ1) is 9.86. The molecule has 0 fully saturated rings. The maximum absolute atomic E-state index is 12.2. The Morgan fingerprint density at radius 3 is 2.57 bits per heavy atom. The molecular formula is C16H21N3OS. The van der Waals surface area contributed by atoms with Crippen molar-refractivity contribution >= 4 is 22.9 Å². The summed E-state index contributed by atoms with van der Waals surface area (Å²) in [4.78, 5) is 21.1. The van der Waals surface area contributed by atoms with Gasteiger partial charge < -0.3 is 5.32 Å². The number of nitrogens with zero attached hydrogens (tertiary/aromatic N) is 2. The fraction of sp³-hybridized carbons (Fsp3) is 0.438. The zero-order chi connectivity index (χ0) is 15.6. The second-order valence-corrected chi connectivity index (χ2v) is 6.49. The Bertz CT molecular complexity index is 638. The Kier molecular flexibility index (Phi) is 4.73. The first kappa shape index (κ1) is 15.6. The number of carbonyl (C=O) groups excluding carboxylic acids is 1. The molecule has 2 heterocycles. The second-order valence-electron chi connectivity index (χ2n) is 5.60. The average molecular weight is 303 g/mol. The van der Waals surface area contributed by atoms with Gasteiger partial charge >= 0.3 is 0 Å². The second kappa shape index (κ2) is 6.35. The maximum Gasteiger partial charge on any atom is 0.230 e. The van der Waals surface area contributed by atoms with E-state index in [0.717, 1.165) is 33.3 Å². The number of thiazole rings is 1. The van der Waals surface area contributed by atoms with Gasteiger partial charge in [-0.2, -0.15) is 0 Å². The topological polar surface area (TPSA) is 54.9 Å². The summed E-state index contributed by atoms with van der Waals surface area (Å²) >= 11 is 1.61. The van der Waals surface area contributed by atoms with Gasteiger partial charge in [0.1, 0.15) is 0 Å². The van der Waals surface area contributed by atoms with Crippen LogP contribution < -0.4 is 5.32 Å². The predicted molar refractivity (Wildman–Crippen MR) is 87.0 cm³/mol. The highest BCUT2D eigenvalue weighted by Gasteiger charge is 2.12. The number of hydrogen-bond donors (Lipinski definition) is 1. The lowest BCUT2D eigenvalue weighted by Gasteiger charge is -2.11. The summed E-state index contributed by atoms with van der Waals surface area (Å²) in [6, 6.07) is 1.97. The Hall–Kier alpha value is -1.75. The van der Waals surface area contributed by atoms with Gasteiger partial charge in [-0.25, -0.2) is 4.98 Å². The van der Waals surface area contributed by atoms with E-state index in [1.165, 1.54) is 0 Å². The quantitative estimate of drug-likeness (QED) is 0.935. The minimum absolute atomic E-state index is 0.0486. The Morgan fingerprint density at radius 1 is 1.29 bits per heavy atom. The third-order valence-electron chi connectivity index (χ3n) is 3.20. The number of aryl methyl sites for hydroxylation is 3. The molecule has 0 saturated heterocycles. The fourth-order valence-corrected chi connectivity index (χ4v) is 3.06. The van der Waals surface area contributed by atoms with E-state index in [-0.39, 0.29) is 5.91 Å². The van der Waals surface area contributed by atoms with Gasteiger partial charge in [-0.1, -0.05) is 13.8 Å². The van der Waals surface area contributed by atoms with Gasteiger partial charge in [0.15, 0.2) is 0 Å². The summed E-state index contributed by atoms with van der Waals surface area (Å²) < 4.78 is 0. The molecule has 2 aromatic rings. The first-order valence-corrected chi connectivity index (χ1v) is 7.93. The van der Waals surface area contributed by atoms with E-state index in [9.17, 15) is 4.79 Å². The largest absolute Gasteiger partial charge is 0.324 e. The zero-order valence-electron chi connectivity index (χ0n) is 13.2. The Morgan fingerprint density at radius 2 is 2.00 bits per heavy atom. The van der Waals surface area contributed by atoms with E-state index in [4.69, 9.17) is 0 Å². The van der Waals surface area contributed by atoms with E-state index in [1.54, 1.807) is 11.3 Å². The highest BCUT2D eigenvalue weighted by atomic mass is 32.1. The molecule has 5 heteroatoms. The van der Waals surface area contributed by atoms with Crippen molar-refractivity contribution in [3.8, 4) is 0 Å². The van der Waals surface area contributed by atoms with Crippen LogP contribution in [0.5, 0.6) is 0 Å². The van der Waals surface area contributed by atoms with Crippen LogP contribution in [0.3, 0.4) is 0 Å². The first-order valence-electron chi connectivity index (χ1n) is 7.05. The summed E-state index contributed by atoms with van der Waals surface area (Å²) in [7, 11) is 0. The van der Waals surface area contributed by atoms with Gasteiger partial charge in [-0.3, -0.25) is 9.78 Å². The van der Waals surface area contributed by atoms with Crippen LogP contribution >= 0.6 is 11.3 Å². The highest BCUT2D eigenvalue weighted by Crippen LogP contribution is 2.21. The lowest BCUT2D eigenvalue weighted by Crippen LogP contribution is -2.17. The van der Waals surface area contributed by atoms with Gasteiger partial charge in [0.25, 0.3) is 0 Å². The molecule has 0 bridgehead atoms. The number of rotatable bonds is 4.